The Kier molecular flexibility index (Phi) is 4.79. The van der Waals surface area contributed by atoms with Gasteiger partial charge >= 0.3 is 0 Å². The van der Waals surface area contributed by atoms with Crippen LogP contribution in [0.2, 0.25) is 0 Å². The van der Waals surface area contributed by atoms with Crippen molar-refractivity contribution in [2.75, 3.05) is 6.26 Å². The van der Waals surface area contributed by atoms with Gasteiger partial charge in [-0.15, -0.1) is 0 Å². The van der Waals surface area contributed by atoms with Gasteiger partial charge in [0.15, 0.2) is 9.84 Å². The highest BCUT2D eigenvalue weighted by atomic mass is 32.2. The van der Waals surface area contributed by atoms with Crippen LogP contribution in [0.25, 0.3) is 0 Å². The zero-order valence-corrected chi connectivity index (χ0v) is 13.3. The normalized spacial score (nSPS) is 12.7. The van der Waals surface area contributed by atoms with Crippen LogP contribution in [0.3, 0.4) is 0 Å². The van der Waals surface area contributed by atoms with Crippen LogP contribution in [0, 0.1) is 11.6 Å². The van der Waals surface area contributed by atoms with Crippen molar-refractivity contribution < 1.29 is 22.0 Å². The molecule has 0 heterocycles. The number of amides is 1. The lowest BCUT2D eigenvalue weighted by Gasteiger charge is -2.15. The van der Waals surface area contributed by atoms with E-state index in [1.807, 2.05) is 0 Å². The zero-order chi connectivity index (χ0) is 17.2. The summed E-state index contributed by atoms with van der Waals surface area (Å²) in [5, 5.41) is 2.58. The van der Waals surface area contributed by atoms with Crippen LogP contribution in [0.4, 0.5) is 8.78 Å². The Balaban J connectivity index is 2.15. The summed E-state index contributed by atoms with van der Waals surface area (Å²) in [6, 6.07) is 7.86. The van der Waals surface area contributed by atoms with Gasteiger partial charge in [-0.1, -0.05) is 6.07 Å². The van der Waals surface area contributed by atoms with Crippen LogP contribution < -0.4 is 5.32 Å². The van der Waals surface area contributed by atoms with E-state index in [2.05, 4.69) is 5.32 Å². The lowest BCUT2D eigenvalue weighted by atomic mass is 10.1. The molecule has 0 aliphatic rings. The monoisotopic (exact) mass is 339 g/mol. The first-order chi connectivity index (χ1) is 10.7. The van der Waals surface area contributed by atoms with Crippen molar-refractivity contribution in [2.45, 2.75) is 17.9 Å². The topological polar surface area (TPSA) is 63.2 Å². The molecule has 0 fully saturated rings. The Labute approximate surface area is 133 Å². The first-order valence-electron chi connectivity index (χ1n) is 6.74. The van der Waals surface area contributed by atoms with Gasteiger partial charge in [-0.05, 0) is 37.3 Å². The molecule has 0 saturated heterocycles. The Morgan fingerprint density at radius 3 is 2.22 bits per heavy atom. The molecule has 1 unspecified atom stereocenters. The third kappa shape index (κ3) is 4.13. The van der Waals surface area contributed by atoms with Gasteiger partial charge in [0.2, 0.25) is 0 Å². The number of sulfone groups is 1. The molecule has 0 aromatic heterocycles. The Morgan fingerprint density at radius 2 is 1.70 bits per heavy atom. The fourth-order valence-electron chi connectivity index (χ4n) is 2.06. The van der Waals surface area contributed by atoms with E-state index >= 15 is 0 Å². The Bertz CT molecular complexity index is 833. The number of carbonyl (C=O) groups is 1. The van der Waals surface area contributed by atoms with Crippen molar-refractivity contribution in [1.29, 1.82) is 0 Å². The Hall–Kier alpha value is -2.28. The van der Waals surface area contributed by atoms with E-state index in [4.69, 9.17) is 0 Å². The summed E-state index contributed by atoms with van der Waals surface area (Å²) in [6.45, 7) is 1.57. The first-order valence-corrected chi connectivity index (χ1v) is 8.63. The molecule has 0 aliphatic carbocycles. The maximum Gasteiger partial charge on any atom is 0.251 e. The number of hydrogen-bond donors (Lipinski definition) is 1. The van der Waals surface area contributed by atoms with E-state index in [0.29, 0.717) is 0 Å². The minimum Gasteiger partial charge on any atom is -0.345 e. The molecule has 0 radical (unpaired) electrons. The minimum absolute atomic E-state index is 0.103. The average molecular weight is 339 g/mol. The van der Waals surface area contributed by atoms with Gasteiger partial charge in [0.1, 0.15) is 11.6 Å². The molecule has 2 rings (SSSR count). The molecule has 1 amide bonds. The van der Waals surface area contributed by atoms with E-state index in [1.165, 1.54) is 30.3 Å². The zero-order valence-electron chi connectivity index (χ0n) is 12.5. The van der Waals surface area contributed by atoms with Gasteiger partial charge in [0.05, 0.1) is 10.9 Å². The molecule has 0 bridgehead atoms. The summed E-state index contributed by atoms with van der Waals surface area (Å²) in [5.74, 6) is -1.92. The predicted molar refractivity (Wildman–Crippen MR) is 81.8 cm³/mol. The molecule has 23 heavy (non-hydrogen) atoms. The second-order valence-electron chi connectivity index (χ2n) is 5.16. The summed E-state index contributed by atoms with van der Waals surface area (Å²) < 4.78 is 49.3. The Morgan fingerprint density at radius 1 is 1.09 bits per heavy atom. The van der Waals surface area contributed by atoms with Crippen LogP contribution in [-0.4, -0.2) is 20.6 Å². The molecule has 1 N–H and O–H groups in total. The highest BCUT2D eigenvalue weighted by Gasteiger charge is 2.16. The van der Waals surface area contributed by atoms with Crippen LogP contribution in [0.5, 0.6) is 0 Å². The quantitative estimate of drug-likeness (QED) is 0.932. The molecule has 0 aliphatic heterocycles. The largest absolute Gasteiger partial charge is 0.345 e. The summed E-state index contributed by atoms with van der Waals surface area (Å²) in [6.07, 6.45) is 1.07. The predicted octanol–water partition coefficient (Wildman–Crippen LogP) is 2.86. The average Bonchev–Trinajstić information content (AvgIpc) is 2.46. The second-order valence-corrected chi connectivity index (χ2v) is 7.17. The fourth-order valence-corrected chi connectivity index (χ4v) is 2.69. The molecule has 2 aromatic carbocycles. The van der Waals surface area contributed by atoms with Crippen LogP contribution in [0.15, 0.2) is 47.4 Å². The molecular weight excluding hydrogens is 324 g/mol. The molecule has 0 saturated carbocycles. The van der Waals surface area contributed by atoms with Crippen molar-refractivity contribution in [2.24, 2.45) is 0 Å². The number of nitrogens with one attached hydrogen (secondary N) is 1. The van der Waals surface area contributed by atoms with Gasteiger partial charge in [-0.2, -0.15) is 0 Å². The van der Waals surface area contributed by atoms with E-state index in [0.717, 1.165) is 18.4 Å². The third-order valence-electron chi connectivity index (χ3n) is 3.32. The summed E-state index contributed by atoms with van der Waals surface area (Å²) >= 11 is 0. The van der Waals surface area contributed by atoms with Crippen LogP contribution in [-0.2, 0) is 9.84 Å². The molecule has 122 valence electrons. The fraction of sp³-hybridized carbons (Fsp3) is 0.188. The van der Waals surface area contributed by atoms with E-state index in [9.17, 15) is 22.0 Å². The van der Waals surface area contributed by atoms with Gasteiger partial charge in [-0.25, -0.2) is 17.2 Å². The van der Waals surface area contributed by atoms with E-state index < -0.39 is 33.4 Å². The molecule has 4 nitrogen and oxygen atoms in total. The van der Waals surface area contributed by atoms with Crippen molar-refractivity contribution in [1.82, 2.24) is 5.32 Å². The summed E-state index contributed by atoms with van der Waals surface area (Å²) in [5.41, 5.74) is 0.402. The number of carbonyl (C=O) groups excluding carboxylic acids is 1. The van der Waals surface area contributed by atoms with Gasteiger partial charge in [-0.3, -0.25) is 4.79 Å². The summed E-state index contributed by atoms with van der Waals surface area (Å²) in [4.78, 5) is 12.2. The lowest BCUT2D eigenvalue weighted by Crippen LogP contribution is -2.27. The van der Waals surface area contributed by atoms with E-state index in [1.54, 1.807) is 6.92 Å². The molecule has 7 heteroatoms. The maximum absolute atomic E-state index is 13.7. The highest BCUT2D eigenvalue weighted by Crippen LogP contribution is 2.18. The third-order valence-corrected chi connectivity index (χ3v) is 4.45. The number of hydrogen-bond acceptors (Lipinski definition) is 3. The SMILES string of the molecule is CC(NC(=O)c1ccc(S(C)(=O)=O)cc1)c1ccc(F)cc1F. The van der Waals surface area contributed by atoms with Crippen molar-refractivity contribution >= 4 is 15.7 Å². The van der Waals surface area contributed by atoms with Gasteiger partial charge in [0.25, 0.3) is 5.91 Å². The van der Waals surface area contributed by atoms with Crippen LogP contribution >= 0.6 is 0 Å². The first kappa shape index (κ1) is 17.1. The molecule has 0 spiro atoms. The minimum atomic E-state index is -3.34. The van der Waals surface area contributed by atoms with E-state index in [-0.39, 0.29) is 16.0 Å². The smallest absolute Gasteiger partial charge is 0.251 e. The number of rotatable bonds is 4. The second kappa shape index (κ2) is 6.45. The van der Waals surface area contributed by atoms with Crippen molar-refractivity contribution in [3.8, 4) is 0 Å². The lowest BCUT2D eigenvalue weighted by molar-refractivity contribution is 0.0939. The molecular formula is C16H15F2NO3S. The highest BCUT2D eigenvalue weighted by molar-refractivity contribution is 7.90. The molecule has 1 atom stereocenters. The standard InChI is InChI=1S/C16H15F2NO3S/c1-10(14-8-5-12(17)9-15(14)18)19-16(20)11-3-6-13(7-4-11)23(2,21)22/h3-10H,1-2H3,(H,19,20). The van der Waals surface area contributed by atoms with Crippen molar-refractivity contribution in [3.63, 3.8) is 0 Å². The van der Waals surface area contributed by atoms with Gasteiger partial charge < -0.3 is 5.32 Å². The summed E-state index contributed by atoms with van der Waals surface area (Å²) in [7, 11) is -3.34. The number of halogens is 2. The molecule has 2 aromatic rings. The maximum atomic E-state index is 13.7. The van der Waals surface area contributed by atoms with Crippen molar-refractivity contribution in [3.05, 3.63) is 65.2 Å². The number of benzene rings is 2. The van der Waals surface area contributed by atoms with Crippen LogP contribution in [0.1, 0.15) is 28.9 Å². The van der Waals surface area contributed by atoms with Gasteiger partial charge in [0, 0.05) is 23.4 Å².